The van der Waals surface area contributed by atoms with Gasteiger partial charge in [-0.25, -0.2) is 0 Å². The summed E-state index contributed by atoms with van der Waals surface area (Å²) in [6.07, 6.45) is 2.68. The van der Waals surface area contributed by atoms with E-state index in [9.17, 15) is 0 Å². The minimum Gasteiger partial charge on any atom is -0.379 e. The minimum absolute atomic E-state index is 0. The maximum atomic E-state index is 5.36. The van der Waals surface area contributed by atoms with Crippen molar-refractivity contribution in [2.75, 3.05) is 72.6 Å². The van der Waals surface area contributed by atoms with Crippen LogP contribution >= 0.6 is 24.0 Å². The van der Waals surface area contributed by atoms with Crippen molar-refractivity contribution in [2.45, 2.75) is 19.8 Å². The van der Waals surface area contributed by atoms with Gasteiger partial charge in [-0.05, 0) is 31.8 Å². The molecule has 136 valence electrons. The van der Waals surface area contributed by atoms with Gasteiger partial charge in [0.2, 0.25) is 0 Å². The number of aliphatic imine (C=N–C) groups is 1. The van der Waals surface area contributed by atoms with Crippen LogP contribution < -0.4 is 10.6 Å². The minimum atomic E-state index is 0. The summed E-state index contributed by atoms with van der Waals surface area (Å²) < 4.78 is 5.36. The molecule has 0 aromatic rings. The highest BCUT2D eigenvalue weighted by Crippen LogP contribution is 2.14. The second-order valence-electron chi connectivity index (χ2n) is 6.40. The van der Waals surface area contributed by atoms with E-state index >= 15 is 0 Å². The van der Waals surface area contributed by atoms with Crippen molar-refractivity contribution in [3.63, 3.8) is 0 Å². The summed E-state index contributed by atoms with van der Waals surface area (Å²) >= 11 is 0. The molecule has 2 aliphatic heterocycles. The first-order valence-electron chi connectivity index (χ1n) is 8.75. The molecule has 0 spiro atoms. The first-order chi connectivity index (χ1) is 10.8. The molecular weight excluding hydrogens is 405 g/mol. The highest BCUT2D eigenvalue weighted by atomic mass is 127. The highest BCUT2D eigenvalue weighted by molar-refractivity contribution is 14.0. The number of piperidine rings is 1. The molecule has 0 radical (unpaired) electrons. The van der Waals surface area contributed by atoms with E-state index < -0.39 is 0 Å². The summed E-state index contributed by atoms with van der Waals surface area (Å²) in [5, 5.41) is 6.82. The smallest absolute Gasteiger partial charge is 0.191 e. The summed E-state index contributed by atoms with van der Waals surface area (Å²) in [6.45, 7) is 12.7. The first kappa shape index (κ1) is 20.9. The molecule has 2 N–H and O–H groups in total. The maximum absolute atomic E-state index is 5.36. The van der Waals surface area contributed by atoms with E-state index in [1.165, 1.54) is 25.9 Å². The lowest BCUT2D eigenvalue weighted by molar-refractivity contribution is 0.0389. The number of nitrogens with one attached hydrogen (secondary N) is 2. The standard InChI is InChI=1S/C16H33N5O.HI/c1-15-3-7-20(8-4-15)9-5-18-16(17-2)19-6-10-21-11-13-22-14-12-21;/h15H,3-14H2,1-2H3,(H2,17,18,19);1H. The van der Waals surface area contributed by atoms with Crippen LogP contribution in [0.15, 0.2) is 4.99 Å². The summed E-state index contributed by atoms with van der Waals surface area (Å²) in [6, 6.07) is 0. The second-order valence-corrected chi connectivity index (χ2v) is 6.40. The maximum Gasteiger partial charge on any atom is 0.191 e. The lowest BCUT2D eigenvalue weighted by atomic mass is 9.99. The fourth-order valence-corrected chi connectivity index (χ4v) is 3.00. The molecule has 0 saturated carbocycles. The molecule has 0 aromatic carbocycles. The Labute approximate surface area is 158 Å². The van der Waals surface area contributed by atoms with E-state index in [0.29, 0.717) is 0 Å². The van der Waals surface area contributed by atoms with Gasteiger partial charge in [-0.2, -0.15) is 0 Å². The second kappa shape index (κ2) is 12.3. The summed E-state index contributed by atoms with van der Waals surface area (Å²) in [7, 11) is 1.84. The normalized spacial score (nSPS) is 21.7. The third-order valence-corrected chi connectivity index (χ3v) is 4.64. The molecule has 7 heteroatoms. The number of likely N-dealkylation sites (tertiary alicyclic amines) is 1. The van der Waals surface area contributed by atoms with Crippen molar-refractivity contribution in [3.8, 4) is 0 Å². The Balaban J connectivity index is 0.00000264. The molecule has 6 nitrogen and oxygen atoms in total. The Hall–Kier alpha value is -0.120. The van der Waals surface area contributed by atoms with Crippen LogP contribution in [-0.4, -0.2) is 88.4 Å². The molecule has 2 heterocycles. The molecule has 0 aliphatic carbocycles. The molecule has 23 heavy (non-hydrogen) atoms. The Bertz CT molecular complexity index is 328. The predicted molar refractivity (Wildman–Crippen MR) is 107 cm³/mol. The average Bonchev–Trinajstić information content (AvgIpc) is 2.56. The van der Waals surface area contributed by atoms with Gasteiger partial charge in [0, 0.05) is 46.3 Å². The number of rotatable bonds is 6. The largest absolute Gasteiger partial charge is 0.379 e. The zero-order valence-electron chi connectivity index (χ0n) is 14.7. The van der Waals surface area contributed by atoms with Crippen LogP contribution in [0.4, 0.5) is 0 Å². The Morgan fingerprint density at radius 3 is 2.04 bits per heavy atom. The number of ether oxygens (including phenoxy) is 1. The summed E-state index contributed by atoms with van der Waals surface area (Å²) in [5.74, 6) is 1.82. The Kier molecular flexibility index (Phi) is 11.2. The van der Waals surface area contributed by atoms with E-state index in [4.69, 9.17) is 4.74 Å². The predicted octanol–water partition coefficient (Wildman–Crippen LogP) is 0.834. The average molecular weight is 439 g/mol. The first-order valence-corrected chi connectivity index (χ1v) is 8.75. The van der Waals surface area contributed by atoms with E-state index in [1.54, 1.807) is 0 Å². The number of halogens is 1. The van der Waals surface area contributed by atoms with Gasteiger partial charge in [-0.15, -0.1) is 24.0 Å². The van der Waals surface area contributed by atoms with Crippen molar-refractivity contribution in [2.24, 2.45) is 10.9 Å². The van der Waals surface area contributed by atoms with Crippen LogP contribution in [0.5, 0.6) is 0 Å². The van der Waals surface area contributed by atoms with Crippen molar-refractivity contribution < 1.29 is 4.74 Å². The third kappa shape index (κ3) is 8.51. The molecule has 0 unspecified atom stereocenters. The lowest BCUT2D eigenvalue weighted by Gasteiger charge is -2.30. The van der Waals surface area contributed by atoms with Crippen LogP contribution in [0.3, 0.4) is 0 Å². The van der Waals surface area contributed by atoms with Crippen LogP contribution in [0.1, 0.15) is 19.8 Å². The molecule has 0 atom stereocenters. The topological polar surface area (TPSA) is 52.1 Å². The number of morpholine rings is 1. The summed E-state index contributed by atoms with van der Waals surface area (Å²) in [5.41, 5.74) is 0. The number of hydrogen-bond acceptors (Lipinski definition) is 4. The zero-order valence-corrected chi connectivity index (χ0v) is 17.1. The molecule has 0 aromatic heterocycles. The van der Waals surface area contributed by atoms with Crippen molar-refractivity contribution in [1.82, 2.24) is 20.4 Å². The monoisotopic (exact) mass is 439 g/mol. The number of nitrogens with zero attached hydrogens (tertiary/aromatic N) is 3. The van der Waals surface area contributed by atoms with E-state index in [1.807, 2.05) is 7.05 Å². The third-order valence-electron chi connectivity index (χ3n) is 4.64. The molecule has 2 aliphatic rings. The fourth-order valence-electron chi connectivity index (χ4n) is 3.00. The van der Waals surface area contributed by atoms with E-state index in [2.05, 4.69) is 32.3 Å². The molecule has 2 fully saturated rings. The highest BCUT2D eigenvalue weighted by Gasteiger charge is 2.15. The van der Waals surface area contributed by atoms with Gasteiger partial charge in [0.1, 0.15) is 0 Å². The van der Waals surface area contributed by atoms with Crippen molar-refractivity contribution in [1.29, 1.82) is 0 Å². The van der Waals surface area contributed by atoms with Crippen molar-refractivity contribution in [3.05, 3.63) is 0 Å². The van der Waals surface area contributed by atoms with Crippen LogP contribution in [0.2, 0.25) is 0 Å². The van der Waals surface area contributed by atoms with Gasteiger partial charge in [-0.3, -0.25) is 9.89 Å². The van der Waals surface area contributed by atoms with Gasteiger partial charge in [-0.1, -0.05) is 6.92 Å². The van der Waals surface area contributed by atoms with Crippen LogP contribution in [0, 0.1) is 5.92 Å². The van der Waals surface area contributed by atoms with Gasteiger partial charge in [0.15, 0.2) is 5.96 Å². The van der Waals surface area contributed by atoms with Gasteiger partial charge in [0.05, 0.1) is 13.2 Å². The molecule has 0 amide bonds. The molecule has 2 saturated heterocycles. The zero-order chi connectivity index (χ0) is 15.6. The summed E-state index contributed by atoms with van der Waals surface area (Å²) in [4.78, 5) is 9.28. The van der Waals surface area contributed by atoms with Crippen LogP contribution in [-0.2, 0) is 4.74 Å². The SMILES string of the molecule is CN=C(NCCN1CCOCC1)NCCN1CCC(C)CC1.I. The fraction of sp³-hybridized carbons (Fsp3) is 0.938. The number of guanidine groups is 1. The molecule has 2 rings (SSSR count). The lowest BCUT2D eigenvalue weighted by Crippen LogP contribution is -2.46. The Morgan fingerprint density at radius 1 is 1.00 bits per heavy atom. The van der Waals surface area contributed by atoms with Gasteiger partial charge >= 0.3 is 0 Å². The van der Waals surface area contributed by atoms with Crippen LogP contribution in [0.25, 0.3) is 0 Å². The van der Waals surface area contributed by atoms with E-state index in [0.717, 1.165) is 64.4 Å². The van der Waals surface area contributed by atoms with Gasteiger partial charge < -0.3 is 20.3 Å². The van der Waals surface area contributed by atoms with E-state index in [-0.39, 0.29) is 24.0 Å². The molecule has 0 bridgehead atoms. The van der Waals surface area contributed by atoms with Crippen molar-refractivity contribution >= 4 is 29.9 Å². The Morgan fingerprint density at radius 2 is 1.52 bits per heavy atom. The number of hydrogen-bond donors (Lipinski definition) is 2. The quantitative estimate of drug-likeness (QED) is 0.365. The van der Waals surface area contributed by atoms with Gasteiger partial charge in [0.25, 0.3) is 0 Å². The molecular formula is C16H34IN5O.